The first-order chi connectivity index (χ1) is 10.3. The van der Waals surface area contributed by atoms with Crippen molar-refractivity contribution < 1.29 is 4.74 Å². The molecule has 4 heteroatoms. The van der Waals surface area contributed by atoms with Crippen LogP contribution < -0.4 is 4.74 Å². The lowest BCUT2D eigenvalue weighted by Gasteiger charge is -2.07. The van der Waals surface area contributed by atoms with Gasteiger partial charge in [-0.25, -0.2) is 4.98 Å². The van der Waals surface area contributed by atoms with Crippen molar-refractivity contribution in [2.24, 2.45) is 0 Å². The summed E-state index contributed by atoms with van der Waals surface area (Å²) in [6, 6.07) is 17.6. The van der Waals surface area contributed by atoms with Gasteiger partial charge in [0.1, 0.15) is 5.75 Å². The van der Waals surface area contributed by atoms with Gasteiger partial charge >= 0.3 is 0 Å². The second-order valence-electron chi connectivity index (χ2n) is 4.66. The third-order valence-corrected chi connectivity index (χ3v) is 3.25. The summed E-state index contributed by atoms with van der Waals surface area (Å²) in [6.07, 6.45) is 0. The quantitative estimate of drug-likeness (QED) is 0.735. The molecule has 0 aliphatic heterocycles. The minimum absolute atomic E-state index is 0.613. The fraction of sp³-hybridized carbons (Fsp3) is 0.118. The Morgan fingerprint density at radius 2 is 1.52 bits per heavy atom. The van der Waals surface area contributed by atoms with Crippen LogP contribution in [0.4, 0.5) is 0 Å². The lowest BCUT2D eigenvalue weighted by Crippen LogP contribution is -1.99. The number of benzene rings is 2. The Kier molecular flexibility index (Phi) is 3.60. The van der Waals surface area contributed by atoms with Gasteiger partial charge in [0.25, 0.3) is 0 Å². The molecule has 104 valence electrons. The van der Waals surface area contributed by atoms with Crippen LogP contribution in [0.15, 0.2) is 54.6 Å². The number of aryl methyl sites for hydroxylation is 1. The predicted octanol–water partition coefficient (Wildman–Crippen LogP) is 3.52. The molecule has 3 aromatic rings. The summed E-state index contributed by atoms with van der Waals surface area (Å²) in [4.78, 5) is 4.65. The molecule has 2 aromatic carbocycles. The van der Waals surface area contributed by atoms with E-state index in [1.165, 1.54) is 0 Å². The molecule has 0 atom stereocenters. The number of aromatic nitrogens is 3. The largest absolute Gasteiger partial charge is 0.497 e. The number of nitrogens with zero attached hydrogens (tertiary/aromatic N) is 3. The van der Waals surface area contributed by atoms with E-state index in [1.54, 1.807) is 7.11 Å². The maximum Gasteiger partial charge on any atom is 0.182 e. The first-order valence-corrected chi connectivity index (χ1v) is 6.69. The van der Waals surface area contributed by atoms with Crippen LogP contribution >= 0.6 is 0 Å². The average molecular weight is 277 g/mol. The van der Waals surface area contributed by atoms with E-state index in [2.05, 4.69) is 15.2 Å². The summed E-state index contributed by atoms with van der Waals surface area (Å²) in [6.45, 7) is 1.92. The van der Waals surface area contributed by atoms with Crippen molar-refractivity contribution in [1.82, 2.24) is 15.2 Å². The third kappa shape index (κ3) is 2.74. The monoisotopic (exact) mass is 277 g/mol. The number of hydrogen-bond acceptors (Lipinski definition) is 4. The normalized spacial score (nSPS) is 10.4. The molecule has 3 rings (SSSR count). The predicted molar refractivity (Wildman–Crippen MR) is 82.0 cm³/mol. The van der Waals surface area contributed by atoms with Crippen molar-refractivity contribution in [2.45, 2.75) is 6.92 Å². The van der Waals surface area contributed by atoms with Crippen molar-refractivity contribution in [3.8, 4) is 28.4 Å². The molecule has 0 N–H and O–H groups in total. The number of ether oxygens (including phenoxy) is 1. The van der Waals surface area contributed by atoms with E-state index in [0.717, 1.165) is 28.3 Å². The molecule has 0 unspecified atom stereocenters. The van der Waals surface area contributed by atoms with Gasteiger partial charge in [-0.05, 0) is 31.2 Å². The van der Waals surface area contributed by atoms with E-state index in [-0.39, 0.29) is 0 Å². The highest BCUT2D eigenvalue weighted by molar-refractivity contribution is 5.65. The zero-order valence-corrected chi connectivity index (χ0v) is 11.9. The Morgan fingerprint density at radius 1 is 0.810 bits per heavy atom. The van der Waals surface area contributed by atoms with Crippen molar-refractivity contribution in [1.29, 1.82) is 0 Å². The summed E-state index contributed by atoms with van der Waals surface area (Å²) in [5.41, 5.74) is 3.63. The average Bonchev–Trinajstić information content (AvgIpc) is 2.56. The molecular weight excluding hydrogens is 262 g/mol. The molecule has 1 aromatic heterocycles. The van der Waals surface area contributed by atoms with Crippen LogP contribution in [0, 0.1) is 6.92 Å². The number of methoxy groups -OCH3 is 1. The second kappa shape index (κ2) is 5.71. The van der Waals surface area contributed by atoms with Gasteiger partial charge in [-0.15, -0.1) is 5.10 Å². The van der Waals surface area contributed by atoms with Gasteiger partial charge in [0.15, 0.2) is 5.82 Å². The standard InChI is InChI=1S/C17H15N3O/c1-12-16(13-6-4-3-5-7-13)18-17(20-19-12)14-8-10-15(21-2)11-9-14/h3-11H,1-2H3. The first-order valence-electron chi connectivity index (χ1n) is 6.69. The highest BCUT2D eigenvalue weighted by Crippen LogP contribution is 2.23. The molecule has 0 amide bonds. The van der Waals surface area contributed by atoms with Crippen LogP contribution in [-0.2, 0) is 0 Å². The highest BCUT2D eigenvalue weighted by atomic mass is 16.5. The lowest BCUT2D eigenvalue weighted by atomic mass is 10.1. The van der Waals surface area contributed by atoms with Crippen LogP contribution in [0.3, 0.4) is 0 Å². The molecule has 0 aliphatic rings. The van der Waals surface area contributed by atoms with E-state index in [0.29, 0.717) is 5.82 Å². The smallest absolute Gasteiger partial charge is 0.182 e. The molecule has 0 fully saturated rings. The van der Waals surface area contributed by atoms with E-state index in [9.17, 15) is 0 Å². The van der Waals surface area contributed by atoms with Gasteiger partial charge in [0, 0.05) is 11.1 Å². The maximum absolute atomic E-state index is 5.16. The Hall–Kier alpha value is -2.75. The van der Waals surface area contributed by atoms with Crippen LogP contribution in [0.2, 0.25) is 0 Å². The SMILES string of the molecule is COc1ccc(-c2nnc(C)c(-c3ccccc3)n2)cc1. The van der Waals surface area contributed by atoms with Gasteiger partial charge in [-0.2, -0.15) is 5.10 Å². The summed E-state index contributed by atoms with van der Waals surface area (Å²) < 4.78 is 5.16. The molecule has 0 aliphatic carbocycles. The lowest BCUT2D eigenvalue weighted by molar-refractivity contribution is 0.415. The van der Waals surface area contributed by atoms with Gasteiger partial charge in [-0.3, -0.25) is 0 Å². The third-order valence-electron chi connectivity index (χ3n) is 3.25. The molecule has 4 nitrogen and oxygen atoms in total. The molecule has 0 bridgehead atoms. The summed E-state index contributed by atoms with van der Waals surface area (Å²) >= 11 is 0. The Morgan fingerprint density at radius 3 is 2.19 bits per heavy atom. The topological polar surface area (TPSA) is 47.9 Å². The van der Waals surface area contributed by atoms with E-state index in [1.807, 2.05) is 61.5 Å². The summed E-state index contributed by atoms with van der Waals surface area (Å²) in [7, 11) is 1.65. The zero-order chi connectivity index (χ0) is 14.7. The zero-order valence-electron chi connectivity index (χ0n) is 11.9. The first kappa shape index (κ1) is 13.2. The molecule has 0 saturated carbocycles. The minimum atomic E-state index is 0.613. The molecule has 21 heavy (non-hydrogen) atoms. The van der Waals surface area contributed by atoms with Crippen molar-refractivity contribution >= 4 is 0 Å². The van der Waals surface area contributed by atoms with E-state index < -0.39 is 0 Å². The van der Waals surface area contributed by atoms with Crippen LogP contribution in [0.5, 0.6) is 5.75 Å². The Balaban J connectivity index is 2.04. The van der Waals surface area contributed by atoms with Gasteiger partial charge < -0.3 is 4.74 Å². The van der Waals surface area contributed by atoms with E-state index >= 15 is 0 Å². The molecule has 0 saturated heterocycles. The van der Waals surface area contributed by atoms with E-state index in [4.69, 9.17) is 4.74 Å². The summed E-state index contributed by atoms with van der Waals surface area (Å²) in [5.74, 6) is 1.42. The highest BCUT2D eigenvalue weighted by Gasteiger charge is 2.09. The van der Waals surface area contributed by atoms with Crippen LogP contribution in [0.1, 0.15) is 5.69 Å². The van der Waals surface area contributed by atoms with Crippen LogP contribution in [-0.4, -0.2) is 22.3 Å². The second-order valence-corrected chi connectivity index (χ2v) is 4.66. The van der Waals surface area contributed by atoms with Crippen molar-refractivity contribution in [2.75, 3.05) is 7.11 Å². The molecule has 1 heterocycles. The van der Waals surface area contributed by atoms with Crippen molar-refractivity contribution in [3.63, 3.8) is 0 Å². The number of rotatable bonds is 3. The minimum Gasteiger partial charge on any atom is -0.497 e. The van der Waals surface area contributed by atoms with Gasteiger partial charge in [0.2, 0.25) is 0 Å². The fourth-order valence-corrected chi connectivity index (χ4v) is 2.11. The van der Waals surface area contributed by atoms with Gasteiger partial charge in [0.05, 0.1) is 18.5 Å². The molecular formula is C17H15N3O. The van der Waals surface area contributed by atoms with Crippen molar-refractivity contribution in [3.05, 3.63) is 60.3 Å². The van der Waals surface area contributed by atoms with Gasteiger partial charge in [-0.1, -0.05) is 30.3 Å². The Labute approximate surface area is 123 Å². The number of hydrogen-bond donors (Lipinski definition) is 0. The molecule has 0 spiro atoms. The molecule has 0 radical (unpaired) electrons. The fourth-order valence-electron chi connectivity index (χ4n) is 2.11. The van der Waals surface area contributed by atoms with Crippen LogP contribution in [0.25, 0.3) is 22.6 Å². The summed E-state index contributed by atoms with van der Waals surface area (Å²) in [5, 5.41) is 8.42. The Bertz CT molecular complexity index is 740. The maximum atomic E-state index is 5.16.